The van der Waals surface area contributed by atoms with Crippen LogP contribution in [0.5, 0.6) is 0 Å². The van der Waals surface area contributed by atoms with Crippen LogP contribution in [0.3, 0.4) is 0 Å². The number of rotatable bonds is 5. The fourth-order valence-electron chi connectivity index (χ4n) is 1.90. The number of nitro groups is 1. The number of anilines is 1. The molecule has 2 N–H and O–H groups in total. The van der Waals surface area contributed by atoms with Gasteiger partial charge in [-0.3, -0.25) is 10.1 Å². The summed E-state index contributed by atoms with van der Waals surface area (Å²) in [6.45, 7) is 0.161. The van der Waals surface area contributed by atoms with Gasteiger partial charge in [-0.15, -0.1) is 0 Å². The van der Waals surface area contributed by atoms with Gasteiger partial charge in [-0.25, -0.2) is 0 Å². The number of aliphatic hydroxyl groups is 1. The number of benzene rings is 2. The Kier molecular flexibility index (Phi) is 4.94. The Morgan fingerprint density at radius 1 is 1.32 bits per heavy atom. The predicted octanol–water partition coefficient (Wildman–Crippen LogP) is 3.27. The molecule has 7 heteroatoms. The zero-order chi connectivity index (χ0) is 16.1. The standard InChI is InChI=1S/C15H12ClN3O3/c16-12-3-1-10(2-4-12)15(20)9-18-14-6-5-13(19(21)22)7-11(14)8-17/h1-7,15,18,20H,9H2/t15-/m1/s1. The number of nitrogens with one attached hydrogen (secondary N) is 1. The van der Waals surface area contributed by atoms with E-state index in [1.54, 1.807) is 24.3 Å². The average Bonchev–Trinajstić information content (AvgIpc) is 2.52. The minimum atomic E-state index is -0.793. The lowest BCUT2D eigenvalue weighted by molar-refractivity contribution is -0.384. The van der Waals surface area contributed by atoms with E-state index < -0.39 is 11.0 Å². The van der Waals surface area contributed by atoms with Crippen molar-refractivity contribution in [2.45, 2.75) is 6.10 Å². The maximum absolute atomic E-state index is 10.7. The van der Waals surface area contributed by atoms with Crippen molar-refractivity contribution < 1.29 is 10.0 Å². The Morgan fingerprint density at radius 3 is 2.59 bits per heavy atom. The van der Waals surface area contributed by atoms with Crippen LogP contribution in [0.4, 0.5) is 11.4 Å². The molecule has 0 spiro atoms. The van der Waals surface area contributed by atoms with Crippen LogP contribution in [0.25, 0.3) is 0 Å². The molecule has 2 rings (SSSR count). The monoisotopic (exact) mass is 317 g/mol. The average molecular weight is 318 g/mol. The largest absolute Gasteiger partial charge is 0.387 e. The highest BCUT2D eigenvalue weighted by Gasteiger charge is 2.12. The summed E-state index contributed by atoms with van der Waals surface area (Å²) in [7, 11) is 0. The molecule has 0 bridgehead atoms. The first-order chi connectivity index (χ1) is 10.5. The van der Waals surface area contributed by atoms with Crippen LogP contribution >= 0.6 is 11.6 Å². The zero-order valence-electron chi connectivity index (χ0n) is 11.4. The third kappa shape index (κ3) is 3.73. The molecule has 2 aromatic rings. The number of hydrogen-bond acceptors (Lipinski definition) is 5. The van der Waals surface area contributed by atoms with Crippen LogP contribution < -0.4 is 5.32 Å². The van der Waals surface area contributed by atoms with E-state index in [4.69, 9.17) is 16.9 Å². The molecule has 112 valence electrons. The van der Waals surface area contributed by atoms with Crippen molar-refractivity contribution in [3.05, 3.63) is 68.7 Å². The van der Waals surface area contributed by atoms with E-state index in [0.717, 1.165) is 0 Å². The Bertz CT molecular complexity index is 726. The maximum atomic E-state index is 10.7. The van der Waals surface area contributed by atoms with Gasteiger partial charge < -0.3 is 10.4 Å². The molecule has 0 aliphatic rings. The van der Waals surface area contributed by atoms with Gasteiger partial charge in [0.15, 0.2) is 0 Å². The third-order valence-electron chi connectivity index (χ3n) is 3.08. The molecule has 0 aliphatic carbocycles. The summed E-state index contributed by atoms with van der Waals surface area (Å²) in [5.41, 5.74) is 1.11. The SMILES string of the molecule is N#Cc1cc([N+](=O)[O-])ccc1NC[C@@H](O)c1ccc(Cl)cc1. The smallest absolute Gasteiger partial charge is 0.270 e. The lowest BCUT2D eigenvalue weighted by atomic mass is 10.1. The minimum absolute atomic E-state index is 0.150. The number of nitro benzene ring substituents is 1. The first-order valence-electron chi connectivity index (χ1n) is 6.37. The van der Waals surface area contributed by atoms with Crippen molar-refractivity contribution in [1.82, 2.24) is 0 Å². The molecule has 0 aliphatic heterocycles. The summed E-state index contributed by atoms with van der Waals surface area (Å²) < 4.78 is 0. The first-order valence-corrected chi connectivity index (χ1v) is 6.75. The van der Waals surface area contributed by atoms with Crippen molar-refractivity contribution >= 4 is 23.0 Å². The van der Waals surface area contributed by atoms with Crippen molar-refractivity contribution in [2.75, 3.05) is 11.9 Å². The lowest BCUT2D eigenvalue weighted by Gasteiger charge is -2.14. The fraction of sp³-hybridized carbons (Fsp3) is 0.133. The van der Waals surface area contributed by atoms with Crippen molar-refractivity contribution in [1.29, 1.82) is 5.26 Å². The maximum Gasteiger partial charge on any atom is 0.270 e. The Morgan fingerprint density at radius 2 is 2.00 bits per heavy atom. The van der Waals surface area contributed by atoms with Crippen LogP contribution in [0, 0.1) is 21.4 Å². The van der Waals surface area contributed by atoms with Gasteiger partial charge in [-0.2, -0.15) is 5.26 Å². The molecular weight excluding hydrogens is 306 g/mol. The predicted molar refractivity (Wildman–Crippen MR) is 82.7 cm³/mol. The highest BCUT2D eigenvalue weighted by molar-refractivity contribution is 6.30. The highest BCUT2D eigenvalue weighted by atomic mass is 35.5. The van der Waals surface area contributed by atoms with Gasteiger partial charge in [-0.1, -0.05) is 23.7 Å². The van der Waals surface area contributed by atoms with Gasteiger partial charge in [0.05, 0.1) is 22.3 Å². The summed E-state index contributed by atoms with van der Waals surface area (Å²) in [5.74, 6) is 0. The molecule has 6 nitrogen and oxygen atoms in total. The normalized spacial score (nSPS) is 11.5. The van der Waals surface area contributed by atoms with E-state index in [1.807, 2.05) is 6.07 Å². The number of nitriles is 1. The van der Waals surface area contributed by atoms with Gasteiger partial charge in [0.2, 0.25) is 0 Å². The Labute approximate surface area is 131 Å². The summed E-state index contributed by atoms with van der Waals surface area (Å²) in [6, 6.07) is 12.6. The second kappa shape index (κ2) is 6.89. The first kappa shape index (κ1) is 15.8. The molecule has 2 aromatic carbocycles. The van der Waals surface area contributed by atoms with Gasteiger partial charge in [-0.05, 0) is 23.8 Å². The molecule has 0 aromatic heterocycles. The van der Waals surface area contributed by atoms with Gasteiger partial charge in [0, 0.05) is 23.7 Å². The van der Waals surface area contributed by atoms with E-state index in [9.17, 15) is 15.2 Å². The van der Waals surface area contributed by atoms with Crippen molar-refractivity contribution in [3.8, 4) is 6.07 Å². The fourth-order valence-corrected chi connectivity index (χ4v) is 2.03. The number of hydrogen-bond donors (Lipinski definition) is 2. The summed E-state index contributed by atoms with van der Waals surface area (Å²) in [4.78, 5) is 10.1. The second-order valence-electron chi connectivity index (χ2n) is 4.55. The van der Waals surface area contributed by atoms with Gasteiger partial charge in [0.25, 0.3) is 5.69 Å². The number of non-ortho nitro benzene ring substituents is 1. The molecule has 0 saturated heterocycles. The molecule has 0 fully saturated rings. The molecule has 1 atom stereocenters. The molecule has 0 saturated carbocycles. The van der Waals surface area contributed by atoms with Gasteiger partial charge in [0.1, 0.15) is 6.07 Å². The van der Waals surface area contributed by atoms with E-state index in [-0.39, 0.29) is 17.8 Å². The molecule has 0 amide bonds. The van der Waals surface area contributed by atoms with E-state index in [0.29, 0.717) is 16.3 Å². The lowest BCUT2D eigenvalue weighted by Crippen LogP contribution is -2.13. The number of aliphatic hydroxyl groups excluding tert-OH is 1. The summed E-state index contributed by atoms with van der Waals surface area (Å²) in [5, 5.41) is 33.3. The Hall–Kier alpha value is -2.62. The summed E-state index contributed by atoms with van der Waals surface area (Å²) >= 11 is 5.78. The van der Waals surface area contributed by atoms with Crippen molar-refractivity contribution in [3.63, 3.8) is 0 Å². The van der Waals surface area contributed by atoms with Crippen LogP contribution in [0.1, 0.15) is 17.2 Å². The number of nitrogens with zero attached hydrogens (tertiary/aromatic N) is 2. The molecule has 0 radical (unpaired) electrons. The molecule has 0 unspecified atom stereocenters. The van der Waals surface area contributed by atoms with E-state index in [2.05, 4.69) is 5.32 Å². The Balaban J connectivity index is 2.09. The minimum Gasteiger partial charge on any atom is -0.387 e. The second-order valence-corrected chi connectivity index (χ2v) is 4.98. The quantitative estimate of drug-likeness (QED) is 0.651. The topological polar surface area (TPSA) is 99.2 Å². The van der Waals surface area contributed by atoms with E-state index in [1.165, 1.54) is 18.2 Å². The third-order valence-corrected chi connectivity index (χ3v) is 3.33. The van der Waals surface area contributed by atoms with Crippen LogP contribution in [-0.4, -0.2) is 16.6 Å². The van der Waals surface area contributed by atoms with Crippen LogP contribution in [0.15, 0.2) is 42.5 Å². The molecule has 0 heterocycles. The van der Waals surface area contributed by atoms with E-state index >= 15 is 0 Å². The van der Waals surface area contributed by atoms with Crippen LogP contribution in [0.2, 0.25) is 5.02 Å². The van der Waals surface area contributed by atoms with Crippen molar-refractivity contribution in [2.24, 2.45) is 0 Å². The summed E-state index contributed by atoms with van der Waals surface area (Å²) in [6.07, 6.45) is -0.793. The molecular formula is C15H12ClN3O3. The zero-order valence-corrected chi connectivity index (χ0v) is 12.1. The van der Waals surface area contributed by atoms with Gasteiger partial charge >= 0.3 is 0 Å². The van der Waals surface area contributed by atoms with Crippen LogP contribution in [-0.2, 0) is 0 Å². The highest BCUT2D eigenvalue weighted by Crippen LogP contribution is 2.23. The number of halogens is 1. The molecule has 22 heavy (non-hydrogen) atoms.